The van der Waals surface area contributed by atoms with Crippen LogP contribution in [0.2, 0.25) is 0 Å². The third kappa shape index (κ3) is 8.93. The Balaban J connectivity index is 0. The summed E-state index contributed by atoms with van der Waals surface area (Å²) in [5.41, 5.74) is 0. The van der Waals surface area contributed by atoms with Crippen LogP contribution in [0.4, 0.5) is 0 Å². The van der Waals surface area contributed by atoms with Crippen molar-refractivity contribution in [1.82, 2.24) is 0 Å². The molecule has 0 spiro atoms. The molecule has 0 aromatic carbocycles. The quantitative estimate of drug-likeness (QED) is 0.391. The molecule has 0 bridgehead atoms. The van der Waals surface area contributed by atoms with Crippen molar-refractivity contribution in [2.75, 3.05) is 4.43 Å². The molecule has 4 heteroatoms. The van der Waals surface area contributed by atoms with Crippen LogP contribution < -0.4 is 0 Å². The monoisotopic (exact) mass is 394 g/mol. The van der Waals surface area contributed by atoms with Gasteiger partial charge < -0.3 is 5.11 Å². The molecule has 6 heavy (non-hydrogen) atoms. The summed E-state index contributed by atoms with van der Waals surface area (Å²) in [6.45, 7) is 0. The summed E-state index contributed by atoms with van der Waals surface area (Å²) in [4.78, 5) is 9.36. The van der Waals surface area contributed by atoms with Crippen molar-refractivity contribution in [2.45, 2.75) is 0 Å². The Bertz CT molecular complexity index is 46.8. The number of alkyl halides is 1. The average Bonchev–Trinajstić information content (AvgIpc) is 1.38. The van der Waals surface area contributed by atoms with Gasteiger partial charge in [0.2, 0.25) is 0 Å². The van der Waals surface area contributed by atoms with Crippen LogP contribution in [-0.2, 0) is 4.79 Å². The van der Waals surface area contributed by atoms with Gasteiger partial charge in [0.15, 0.2) is 0 Å². The Morgan fingerprint density at radius 2 is 2.00 bits per heavy atom. The Labute approximate surface area is 69.6 Å². The second-order valence-corrected chi connectivity index (χ2v) is 1.29. The Hall–Kier alpha value is 1.12. The van der Waals surface area contributed by atoms with Crippen molar-refractivity contribution in [3.63, 3.8) is 0 Å². The fourth-order valence-electron chi connectivity index (χ4n) is 0. The molecule has 0 saturated carbocycles. The number of hydrogen-bond donors (Lipinski definition) is 1. The van der Waals surface area contributed by atoms with Crippen molar-refractivity contribution in [1.29, 1.82) is 0 Å². The maximum atomic E-state index is 9.36. The maximum Gasteiger partial charge on any atom is 0.313 e. The van der Waals surface area contributed by atoms with E-state index in [0.717, 1.165) is 0 Å². The maximum absolute atomic E-state index is 9.36. The van der Waals surface area contributed by atoms with Gasteiger partial charge in [-0.1, -0.05) is 22.6 Å². The van der Waals surface area contributed by atoms with Crippen LogP contribution >= 0.6 is 22.6 Å². The van der Waals surface area contributed by atoms with Crippen LogP contribution in [-0.4, -0.2) is 42.8 Å². The van der Waals surface area contributed by atoms with Crippen molar-refractivity contribution in [3.05, 3.63) is 0 Å². The molecule has 0 aromatic rings. The largest absolute Gasteiger partial charge is 0.481 e. The molecule has 2 nitrogen and oxygen atoms in total. The number of rotatable bonds is 1. The third-order valence-electron chi connectivity index (χ3n) is 0.114. The van der Waals surface area contributed by atoms with E-state index >= 15 is 0 Å². The summed E-state index contributed by atoms with van der Waals surface area (Å²) in [5.74, 6) is -0.759. The zero-order valence-corrected chi connectivity index (χ0v) is 8.99. The van der Waals surface area contributed by atoms with E-state index in [1.165, 1.54) is 0 Å². The molecule has 0 fully saturated rings. The summed E-state index contributed by atoms with van der Waals surface area (Å²) in [6, 6.07) is 0. The zero-order valence-electron chi connectivity index (χ0n) is 2.94. The van der Waals surface area contributed by atoms with Crippen LogP contribution in [0.5, 0.6) is 0 Å². The molecule has 0 aromatic heterocycles. The second-order valence-electron chi connectivity index (χ2n) is 0.527. The predicted octanol–water partition coefficient (Wildman–Crippen LogP) is 0.125. The van der Waals surface area contributed by atoms with Gasteiger partial charge in [0.1, 0.15) is 0 Å². The number of aliphatic carboxylic acids is 1. The van der Waals surface area contributed by atoms with E-state index in [4.69, 9.17) is 5.11 Å². The second kappa shape index (κ2) is 6.12. The number of hydrogen-bond acceptors (Lipinski definition) is 1. The summed E-state index contributed by atoms with van der Waals surface area (Å²) in [6.07, 6.45) is 0. The van der Waals surface area contributed by atoms with Gasteiger partial charge in [-0.05, 0) is 0 Å². The fraction of sp³-hybridized carbons (Fsp3) is 0.500. The molecule has 0 amide bonds. The standard InChI is InChI=1S/C2H3IO2.Pb/c3-1-2(4)5;/h1H2,(H,4,5);. The molecule has 0 atom stereocenters. The first kappa shape index (κ1) is 10.2. The van der Waals surface area contributed by atoms with Gasteiger partial charge in [0, 0.05) is 27.3 Å². The fourth-order valence-corrected chi connectivity index (χ4v) is 0. The molecular weight excluding hydrogens is 390 g/mol. The van der Waals surface area contributed by atoms with Crippen molar-refractivity contribution >= 4 is 55.9 Å². The topological polar surface area (TPSA) is 37.3 Å². The van der Waals surface area contributed by atoms with Gasteiger partial charge in [-0.3, -0.25) is 4.79 Å². The van der Waals surface area contributed by atoms with Gasteiger partial charge in [-0.25, -0.2) is 0 Å². The van der Waals surface area contributed by atoms with E-state index < -0.39 is 5.97 Å². The zero-order chi connectivity index (χ0) is 4.28. The van der Waals surface area contributed by atoms with Crippen molar-refractivity contribution in [2.24, 2.45) is 0 Å². The molecule has 4 radical (unpaired) electrons. The van der Waals surface area contributed by atoms with E-state index in [9.17, 15) is 4.79 Å². The predicted molar refractivity (Wildman–Crippen MR) is 32.3 cm³/mol. The van der Waals surface area contributed by atoms with Gasteiger partial charge in [-0.15, -0.1) is 0 Å². The van der Waals surface area contributed by atoms with E-state index in [-0.39, 0.29) is 31.7 Å². The van der Waals surface area contributed by atoms with Gasteiger partial charge in [0.25, 0.3) is 0 Å². The average molecular weight is 393 g/mol. The molecule has 0 saturated heterocycles. The molecule has 0 aliphatic carbocycles. The minimum Gasteiger partial charge on any atom is -0.481 e. The van der Waals surface area contributed by atoms with Crippen LogP contribution in [0.25, 0.3) is 0 Å². The van der Waals surface area contributed by atoms with Gasteiger partial charge in [-0.2, -0.15) is 0 Å². The first-order valence-corrected chi connectivity index (χ1v) is 2.57. The summed E-state index contributed by atoms with van der Waals surface area (Å²) >= 11 is 1.78. The Morgan fingerprint density at radius 3 is 2.00 bits per heavy atom. The third-order valence-corrected chi connectivity index (χ3v) is 0.767. The smallest absolute Gasteiger partial charge is 0.313 e. The minimum absolute atomic E-state index is 0. The number of carboxylic acids is 1. The Kier molecular flexibility index (Phi) is 10.4. The molecule has 0 aliphatic rings. The van der Waals surface area contributed by atoms with Gasteiger partial charge >= 0.3 is 5.97 Å². The molecule has 34 valence electrons. The summed E-state index contributed by atoms with van der Waals surface area (Å²) < 4.78 is 0.192. The SMILES string of the molecule is O=C(O)CI.[Pb]. The molecule has 0 heterocycles. The molecule has 1 N–H and O–H groups in total. The molecular formula is C2H3IO2Pb. The summed E-state index contributed by atoms with van der Waals surface area (Å²) in [5, 5.41) is 7.71. The Morgan fingerprint density at radius 1 is 1.83 bits per heavy atom. The number of halogens is 1. The van der Waals surface area contributed by atoms with Crippen LogP contribution in [0, 0.1) is 0 Å². The van der Waals surface area contributed by atoms with Crippen LogP contribution in [0.1, 0.15) is 0 Å². The number of carboxylic acid groups (broad SMARTS) is 1. The molecule has 0 rings (SSSR count). The molecule has 0 unspecified atom stereocenters. The first-order valence-electron chi connectivity index (χ1n) is 1.05. The van der Waals surface area contributed by atoms with Crippen LogP contribution in [0.15, 0.2) is 0 Å². The minimum atomic E-state index is -0.759. The van der Waals surface area contributed by atoms with E-state index in [1.807, 2.05) is 0 Å². The van der Waals surface area contributed by atoms with E-state index in [0.29, 0.717) is 0 Å². The van der Waals surface area contributed by atoms with Crippen LogP contribution in [0.3, 0.4) is 0 Å². The van der Waals surface area contributed by atoms with Crippen molar-refractivity contribution in [3.8, 4) is 0 Å². The van der Waals surface area contributed by atoms with E-state index in [1.54, 1.807) is 22.6 Å². The van der Waals surface area contributed by atoms with Crippen molar-refractivity contribution < 1.29 is 9.90 Å². The summed E-state index contributed by atoms with van der Waals surface area (Å²) in [7, 11) is 0. The van der Waals surface area contributed by atoms with Gasteiger partial charge in [0.05, 0.1) is 4.43 Å². The molecule has 0 aliphatic heterocycles. The number of carbonyl (C=O) groups is 1. The van der Waals surface area contributed by atoms with E-state index in [2.05, 4.69) is 0 Å². The normalized spacial score (nSPS) is 6.17. The first-order chi connectivity index (χ1) is 2.27.